The Morgan fingerprint density at radius 2 is 1.13 bits per heavy atom. The monoisotopic (exact) mass is 1270 g/mol. The van der Waals surface area contributed by atoms with E-state index in [0.717, 1.165) is 64.6 Å². The Morgan fingerprint density at radius 1 is 0.618 bits per heavy atom. The first-order valence-corrected chi connectivity index (χ1v) is 32.9. The molecule has 0 atom stereocenters. The zero-order valence-corrected chi connectivity index (χ0v) is 54.2. The summed E-state index contributed by atoms with van der Waals surface area (Å²) in [6.45, 7) is 26.5. The first-order valence-electron chi connectivity index (χ1n) is 31.3. The van der Waals surface area contributed by atoms with Gasteiger partial charge in [0.2, 0.25) is 11.3 Å². The molecule has 2 aromatic carbocycles. The number of likely N-dealkylation sites (N-methyl/N-ethyl adjacent to an activating group) is 2. The van der Waals surface area contributed by atoms with Crippen LogP contribution in [0.1, 0.15) is 103 Å². The minimum atomic E-state index is -4.61. The van der Waals surface area contributed by atoms with Gasteiger partial charge in [0.25, 0.3) is 6.16 Å². The maximum Gasteiger partial charge on any atom is 0.252 e. The fourth-order valence-electron chi connectivity index (χ4n) is 11.0. The first kappa shape index (κ1) is 72.7. The van der Waals surface area contributed by atoms with Crippen molar-refractivity contribution < 1.29 is 89.2 Å². The molecule has 6 rings (SSSR count). The summed E-state index contributed by atoms with van der Waals surface area (Å²) in [5.74, 6) is 1.42. The standard InChI is InChI=1S/C64H97N5O19S/c1-8-49-46-63(4,5)68(9-2)55-44-57-53(42-51(49)55)60(54-43-52-50(48-89(73,74)75)47-64(6,7)69(10-3)56(52)45-58(54)88-57)61-66-15-18-67(61)17-13-11-12-14-59(70)65-16-19-76-20-21-77-22-23-78-24-25-79-26-27-80-28-29-81-30-31-82-32-33-83-34-35-84-36-37-85-38-39-86-40-41-87-62(71)72/h15,18,42-47H,8-14,16-17,19-41,48H2,1-7H3,(H2-,65,70,71,72,73,74,75)/p-1. The van der Waals surface area contributed by atoms with Crippen LogP contribution in [-0.4, -0.2) is 223 Å². The summed E-state index contributed by atoms with van der Waals surface area (Å²) in [5, 5.41) is 15.1. The predicted molar refractivity (Wildman–Crippen MR) is 332 cm³/mol. The van der Waals surface area contributed by atoms with Gasteiger partial charge < -0.3 is 90.8 Å². The van der Waals surface area contributed by atoms with Gasteiger partial charge in [-0.15, -0.1) is 0 Å². The van der Waals surface area contributed by atoms with Gasteiger partial charge in [-0.1, -0.05) is 19.4 Å². The normalized spacial score (nSPS) is 14.8. The van der Waals surface area contributed by atoms with Gasteiger partial charge in [-0.05, 0) is 76.3 Å². The first-order chi connectivity index (χ1) is 43.0. The summed E-state index contributed by atoms with van der Waals surface area (Å²) < 4.78 is 113. The van der Waals surface area contributed by atoms with E-state index in [9.17, 15) is 27.7 Å². The molecule has 0 unspecified atom stereocenters. The molecule has 0 aliphatic carbocycles. The second kappa shape index (κ2) is 38.5. The van der Waals surface area contributed by atoms with Crippen LogP contribution in [0.25, 0.3) is 16.7 Å². The number of unbranched alkanes of at least 4 members (excludes halogenated alkanes) is 2. The number of rotatable bonds is 48. The average molecular weight is 1270 g/mol. The second-order valence-corrected chi connectivity index (χ2v) is 23.7. The highest BCUT2D eigenvalue weighted by atomic mass is 32.2. The number of aromatic nitrogens is 2. The minimum Gasteiger partial charge on any atom is -0.748 e. The molecule has 3 aliphatic rings. The van der Waals surface area contributed by atoms with Crippen molar-refractivity contribution in [2.45, 2.75) is 98.2 Å². The smallest absolute Gasteiger partial charge is 0.252 e. The lowest BCUT2D eigenvalue weighted by atomic mass is 9.85. The third-order valence-electron chi connectivity index (χ3n) is 15.0. The van der Waals surface area contributed by atoms with Crippen molar-refractivity contribution in [1.82, 2.24) is 19.4 Å². The third kappa shape index (κ3) is 24.0. The molecule has 0 spiro atoms. The van der Waals surface area contributed by atoms with Crippen LogP contribution in [0, 0.1) is 0 Å². The van der Waals surface area contributed by atoms with Crippen molar-refractivity contribution in [1.29, 1.82) is 0 Å². The second-order valence-electron chi connectivity index (χ2n) is 22.3. The van der Waals surface area contributed by atoms with Crippen LogP contribution < -0.4 is 35.2 Å². The molecular weight excluding hydrogens is 1170 g/mol. The van der Waals surface area contributed by atoms with Crippen LogP contribution >= 0.6 is 0 Å². The number of fused-ring (bicyclic) bond motifs is 4. The molecule has 498 valence electrons. The van der Waals surface area contributed by atoms with Crippen molar-refractivity contribution in [2.75, 3.05) is 182 Å². The summed E-state index contributed by atoms with van der Waals surface area (Å²) >= 11 is 0. The number of aryl methyl sites for hydroxylation is 1. The number of nitrogens with one attached hydrogen (secondary N) is 1. The summed E-state index contributed by atoms with van der Waals surface area (Å²) in [4.78, 5) is 30.1. The molecule has 0 fully saturated rings. The van der Waals surface area contributed by atoms with Gasteiger partial charge in [-0.3, -0.25) is 4.79 Å². The van der Waals surface area contributed by atoms with Gasteiger partial charge >= 0.3 is 0 Å². The van der Waals surface area contributed by atoms with E-state index >= 15 is 0 Å². The predicted octanol–water partition coefficient (Wildman–Crippen LogP) is 4.10. The number of anilines is 1. The summed E-state index contributed by atoms with van der Waals surface area (Å²) in [6, 6.07) is 8.37. The largest absolute Gasteiger partial charge is 0.748 e. The van der Waals surface area contributed by atoms with Crippen LogP contribution in [0.4, 0.5) is 10.5 Å². The number of imidazole rings is 1. The van der Waals surface area contributed by atoms with E-state index in [-0.39, 0.29) is 24.7 Å². The quantitative estimate of drug-likeness (QED) is 0.0282. The maximum absolute atomic E-state index is 12.8. The van der Waals surface area contributed by atoms with E-state index in [4.69, 9.17) is 61.8 Å². The maximum atomic E-state index is 12.8. The van der Waals surface area contributed by atoms with Crippen molar-refractivity contribution in [3.63, 3.8) is 0 Å². The molecule has 0 saturated carbocycles. The lowest BCUT2D eigenvalue weighted by molar-refractivity contribution is -0.283. The van der Waals surface area contributed by atoms with Crippen LogP contribution in [-0.2, 0) is 78.3 Å². The molecule has 89 heavy (non-hydrogen) atoms. The highest BCUT2D eigenvalue weighted by Crippen LogP contribution is 2.47. The van der Waals surface area contributed by atoms with E-state index in [1.807, 2.05) is 38.3 Å². The van der Waals surface area contributed by atoms with Gasteiger partial charge in [0.1, 0.15) is 23.9 Å². The molecule has 0 saturated heterocycles. The van der Waals surface area contributed by atoms with Gasteiger partial charge in [0.15, 0.2) is 5.54 Å². The highest BCUT2D eigenvalue weighted by molar-refractivity contribution is 7.86. The number of ether oxygens (including phenoxy) is 13. The van der Waals surface area contributed by atoms with Crippen LogP contribution in [0.3, 0.4) is 0 Å². The lowest BCUT2D eigenvalue weighted by Gasteiger charge is -2.43. The van der Waals surface area contributed by atoms with Crippen molar-refractivity contribution in [2.24, 2.45) is 0 Å². The topological polar surface area (TPSA) is 270 Å². The van der Waals surface area contributed by atoms with Crippen molar-refractivity contribution in [3.8, 4) is 11.5 Å². The van der Waals surface area contributed by atoms with E-state index in [1.165, 1.54) is 5.57 Å². The number of nitrogens with zero attached hydrogens (tertiary/aromatic N) is 4. The molecule has 25 heteroatoms. The number of amides is 1. The Balaban J connectivity index is 0.796. The Bertz CT molecular complexity index is 2980. The Hall–Kier alpha value is -5.39. The Morgan fingerprint density at radius 3 is 1.62 bits per heavy atom. The number of benzene rings is 2. The fourth-order valence-corrected chi connectivity index (χ4v) is 11.6. The highest BCUT2D eigenvalue weighted by Gasteiger charge is 2.37. The third-order valence-corrected chi connectivity index (χ3v) is 15.7. The number of hydrogen-bond donors (Lipinski definition) is 1. The van der Waals surface area contributed by atoms with E-state index in [0.29, 0.717) is 194 Å². The summed E-state index contributed by atoms with van der Waals surface area (Å²) in [6.07, 6.45) is 10.0. The van der Waals surface area contributed by atoms with Crippen LogP contribution in [0.15, 0.2) is 48.8 Å². The van der Waals surface area contributed by atoms with Gasteiger partial charge in [0, 0.05) is 91.5 Å². The molecular formula is C64H96N5O19S-. The number of carbonyl (C=O) groups excluding carboxylic acids is 2. The molecule has 4 heterocycles. The van der Waals surface area contributed by atoms with Gasteiger partial charge in [-0.25, -0.2) is 18.0 Å². The Labute approximate surface area is 525 Å². The van der Waals surface area contributed by atoms with Gasteiger partial charge in [-0.2, -0.15) is 0 Å². The van der Waals surface area contributed by atoms with Crippen LogP contribution in [0.5, 0.6) is 11.5 Å². The molecule has 0 bridgehead atoms. The molecule has 1 aromatic heterocycles. The molecule has 0 radical (unpaired) electrons. The van der Waals surface area contributed by atoms with Crippen molar-refractivity contribution in [3.05, 3.63) is 81.9 Å². The van der Waals surface area contributed by atoms with Gasteiger partial charge in [0.05, 0.1) is 179 Å². The summed E-state index contributed by atoms with van der Waals surface area (Å²) in [5.41, 5.74) is 5.17. The number of carbonyl (C=O) groups is 2. The number of hydrogen-bond acceptors (Lipinski definition) is 21. The molecule has 24 nitrogen and oxygen atoms in total. The Kier molecular flexibility index (Phi) is 31.4. The average Bonchev–Trinajstić information content (AvgIpc) is 1.45. The molecule has 1 N–H and O–H groups in total. The van der Waals surface area contributed by atoms with Crippen LogP contribution in [0.2, 0.25) is 0 Å². The van der Waals surface area contributed by atoms with E-state index in [1.54, 1.807) is 6.20 Å². The minimum absolute atomic E-state index is 0.0261. The zero-order valence-electron chi connectivity index (χ0n) is 53.4. The number of allylic oxidation sites excluding steroid dienone is 1. The molecule has 3 aromatic rings. The fraction of sp³-hybridized carbons (Fsp3) is 0.656. The lowest BCUT2D eigenvalue weighted by Crippen LogP contribution is -2.49. The van der Waals surface area contributed by atoms with E-state index < -0.39 is 27.6 Å². The summed E-state index contributed by atoms with van der Waals surface area (Å²) in [7, 11) is -4.61. The SMILES string of the molecule is CCC1=CC(C)(C)[N+](CC)=c2cc3c(cc21)=C(c1nccn1CCCCCC(=O)NCCOCCOCCOCCOCCOCCOCCOCCOCCOCCOCCOCCOC(=O)[O-])c1cc2c(cc1O3)N(CC)C(C)(C)C=C2CS(=O)(=O)[O-]. The zero-order chi connectivity index (χ0) is 63.9. The number of carboxylic acid groups (broad SMARTS) is 1. The molecule has 3 aliphatic heterocycles. The van der Waals surface area contributed by atoms with Crippen molar-refractivity contribution >= 4 is 44.6 Å². The van der Waals surface area contributed by atoms with E-state index in [2.05, 4.69) is 76.9 Å². The molecule has 1 amide bonds.